The van der Waals surface area contributed by atoms with E-state index in [1.807, 2.05) is 0 Å². The molecule has 6 N–H and O–H groups in total. The minimum atomic E-state index is -1.10. The van der Waals surface area contributed by atoms with Gasteiger partial charge in [-0.05, 0) is 0 Å². The van der Waals surface area contributed by atoms with Crippen molar-refractivity contribution >= 4 is 38.4 Å². The Balaban J connectivity index is 4.31. The number of nitrogens with two attached hydrogens (primary N) is 2. The molecule has 0 aliphatic carbocycles. The van der Waals surface area contributed by atoms with Crippen LogP contribution in [0.4, 0.5) is 0 Å². The van der Waals surface area contributed by atoms with Gasteiger partial charge in [-0.15, -0.1) is 0 Å². The van der Waals surface area contributed by atoms with Crippen molar-refractivity contribution in [2.75, 3.05) is 0 Å². The number of carbonyl (C=O) groups is 2. The van der Waals surface area contributed by atoms with E-state index >= 15 is 0 Å². The van der Waals surface area contributed by atoms with Crippen LogP contribution in [0.1, 0.15) is 13.3 Å². The zero-order chi connectivity index (χ0) is 12.0. The molecule has 0 aliphatic heterocycles. The molecule has 0 fully saturated rings. The fourth-order valence-corrected chi connectivity index (χ4v) is 6.39. The summed E-state index contributed by atoms with van der Waals surface area (Å²) in [7, 11) is 0. The van der Waals surface area contributed by atoms with Gasteiger partial charge in [0.15, 0.2) is 0 Å². The van der Waals surface area contributed by atoms with Gasteiger partial charge in [-0.1, -0.05) is 0 Å². The van der Waals surface area contributed by atoms with Gasteiger partial charge in [0.1, 0.15) is 0 Å². The van der Waals surface area contributed by atoms with Crippen LogP contribution < -0.4 is 10.5 Å². The minimum absolute atomic E-state index is 0.156. The summed E-state index contributed by atoms with van der Waals surface area (Å²) >= 11 is -0.325. The van der Waals surface area contributed by atoms with Crippen LogP contribution in [-0.2, 0) is 9.59 Å². The first kappa shape index (κ1) is 14.9. The zero-order valence-corrected chi connectivity index (χ0v) is 11.5. The molecule has 0 spiro atoms. The Morgan fingerprint density at radius 3 is 2.20 bits per heavy atom. The SMILES string of the molecule is CC(C[C@@H](N)C(=O)O)[C@@H]([Se][Se]N)C(=O)O. The standard InChI is InChI=1S/C7H14N2O4Se2/c1-3(2-4(8)6(10)11)5(7(12)13)14-15-9/h3-5H,2,8-9H2,1H3,(H,10,11)(H,12,13)/t3?,4-,5-/m1/s1. The van der Waals surface area contributed by atoms with Gasteiger partial charge in [-0.25, -0.2) is 0 Å². The van der Waals surface area contributed by atoms with E-state index in [9.17, 15) is 9.59 Å². The molecular formula is C7H14N2O4Se2. The molecule has 0 aromatic carbocycles. The molecule has 15 heavy (non-hydrogen) atoms. The van der Waals surface area contributed by atoms with Crippen molar-refractivity contribution in [2.45, 2.75) is 24.2 Å². The van der Waals surface area contributed by atoms with E-state index in [2.05, 4.69) is 0 Å². The Bertz CT molecular complexity index is 239. The molecule has 0 bridgehead atoms. The van der Waals surface area contributed by atoms with Gasteiger partial charge in [0.2, 0.25) is 0 Å². The number of carboxylic acids is 2. The third-order valence-corrected chi connectivity index (χ3v) is 7.40. The van der Waals surface area contributed by atoms with Crippen molar-refractivity contribution < 1.29 is 19.8 Å². The van der Waals surface area contributed by atoms with E-state index in [-0.39, 0.29) is 38.8 Å². The van der Waals surface area contributed by atoms with Crippen molar-refractivity contribution in [2.24, 2.45) is 16.4 Å². The van der Waals surface area contributed by atoms with Crippen LogP contribution in [0.5, 0.6) is 0 Å². The first-order chi connectivity index (χ1) is 6.90. The summed E-state index contributed by atoms with van der Waals surface area (Å²) in [6.45, 7) is 1.70. The average Bonchev–Trinajstić information content (AvgIpc) is 2.12. The van der Waals surface area contributed by atoms with E-state index in [4.69, 9.17) is 20.7 Å². The fourth-order valence-electron chi connectivity index (χ4n) is 1.06. The summed E-state index contributed by atoms with van der Waals surface area (Å²) in [6.07, 6.45) is 0.171. The first-order valence-electron chi connectivity index (χ1n) is 4.13. The molecular weight excluding hydrogens is 334 g/mol. The van der Waals surface area contributed by atoms with E-state index in [1.54, 1.807) is 6.92 Å². The molecule has 0 aliphatic rings. The number of carboxylic acid groups (broad SMARTS) is 2. The maximum absolute atomic E-state index is 10.9. The predicted molar refractivity (Wildman–Crippen MR) is 56.5 cm³/mol. The van der Waals surface area contributed by atoms with Crippen molar-refractivity contribution in [3.05, 3.63) is 0 Å². The second-order valence-electron chi connectivity index (χ2n) is 3.11. The molecule has 0 amide bonds. The molecule has 0 rings (SSSR count). The molecule has 8 heteroatoms. The van der Waals surface area contributed by atoms with Crippen LogP contribution in [0.3, 0.4) is 0 Å². The van der Waals surface area contributed by atoms with Crippen molar-refractivity contribution in [1.29, 1.82) is 0 Å². The monoisotopic (exact) mass is 350 g/mol. The number of hydrogen-bond acceptors (Lipinski definition) is 4. The van der Waals surface area contributed by atoms with Gasteiger partial charge in [0, 0.05) is 0 Å². The second-order valence-corrected chi connectivity index (χ2v) is 9.18. The Labute approximate surface area is 98.8 Å². The summed E-state index contributed by atoms with van der Waals surface area (Å²) in [5.74, 6) is -2.26. The summed E-state index contributed by atoms with van der Waals surface area (Å²) in [5.41, 5.74) is 5.34. The van der Waals surface area contributed by atoms with Crippen LogP contribution in [-0.4, -0.2) is 54.7 Å². The zero-order valence-electron chi connectivity index (χ0n) is 8.12. The summed E-state index contributed by atoms with van der Waals surface area (Å²) in [6, 6.07) is -0.997. The van der Waals surface area contributed by atoms with Gasteiger partial charge in [-0.2, -0.15) is 0 Å². The van der Waals surface area contributed by atoms with E-state index < -0.39 is 22.8 Å². The van der Waals surface area contributed by atoms with Crippen LogP contribution in [0, 0.1) is 5.92 Å². The second kappa shape index (κ2) is 7.22. The van der Waals surface area contributed by atoms with Crippen molar-refractivity contribution in [1.82, 2.24) is 0 Å². The van der Waals surface area contributed by atoms with Crippen molar-refractivity contribution in [3.8, 4) is 0 Å². The molecule has 6 nitrogen and oxygen atoms in total. The Kier molecular flexibility index (Phi) is 7.17. The Hall–Kier alpha value is -0.101. The molecule has 0 heterocycles. The molecule has 1 unspecified atom stereocenters. The molecule has 0 saturated carbocycles. The molecule has 0 radical (unpaired) electrons. The van der Waals surface area contributed by atoms with Crippen molar-refractivity contribution in [3.63, 3.8) is 0 Å². The van der Waals surface area contributed by atoms with Crippen LogP contribution >= 0.6 is 0 Å². The van der Waals surface area contributed by atoms with E-state index in [1.165, 1.54) is 0 Å². The van der Waals surface area contributed by atoms with Gasteiger partial charge < -0.3 is 0 Å². The maximum atomic E-state index is 10.9. The van der Waals surface area contributed by atoms with Gasteiger partial charge in [-0.3, -0.25) is 0 Å². The molecule has 0 aromatic rings. The summed E-state index contributed by atoms with van der Waals surface area (Å²) in [4.78, 5) is 20.8. The van der Waals surface area contributed by atoms with E-state index in [0.717, 1.165) is 0 Å². The third-order valence-electron chi connectivity index (χ3n) is 1.86. The van der Waals surface area contributed by atoms with Crippen LogP contribution in [0.25, 0.3) is 0 Å². The van der Waals surface area contributed by atoms with Gasteiger partial charge in [0.25, 0.3) is 0 Å². The third kappa shape index (κ3) is 5.51. The number of hydrogen-bond donors (Lipinski definition) is 4. The Morgan fingerprint density at radius 2 is 1.87 bits per heavy atom. The van der Waals surface area contributed by atoms with Crippen LogP contribution in [0.2, 0.25) is 4.82 Å². The van der Waals surface area contributed by atoms with Gasteiger partial charge >= 0.3 is 98.8 Å². The molecule has 3 atom stereocenters. The number of aliphatic carboxylic acids is 2. The molecule has 88 valence electrons. The predicted octanol–water partition coefficient (Wildman–Crippen LogP) is -1.51. The van der Waals surface area contributed by atoms with Crippen LogP contribution in [0.15, 0.2) is 0 Å². The molecule has 0 aromatic heterocycles. The number of rotatable bonds is 7. The topological polar surface area (TPSA) is 127 Å². The van der Waals surface area contributed by atoms with E-state index in [0.29, 0.717) is 0 Å². The molecule has 0 saturated heterocycles. The van der Waals surface area contributed by atoms with Gasteiger partial charge in [0.05, 0.1) is 0 Å². The summed E-state index contributed by atoms with van der Waals surface area (Å²) < 4.78 is 5.37. The quantitative estimate of drug-likeness (QED) is 0.415. The summed E-state index contributed by atoms with van der Waals surface area (Å²) in [5, 5.41) is 17.5. The fraction of sp³-hybridized carbons (Fsp3) is 0.714. The Morgan fingerprint density at radius 1 is 1.33 bits per heavy atom. The first-order valence-corrected chi connectivity index (χ1v) is 10.4. The normalized spacial score (nSPS) is 16.7. The average molecular weight is 348 g/mol.